The normalized spacial score (nSPS) is 14.2. The summed E-state index contributed by atoms with van der Waals surface area (Å²) in [5.74, 6) is -0.871. The maximum Gasteiger partial charge on any atom is 0.418 e. The van der Waals surface area contributed by atoms with Gasteiger partial charge in [0.1, 0.15) is 5.75 Å². The number of rotatable bonds is 6. The van der Waals surface area contributed by atoms with Crippen molar-refractivity contribution in [2.45, 2.75) is 24.0 Å². The van der Waals surface area contributed by atoms with Crippen molar-refractivity contribution >= 4 is 44.8 Å². The molecule has 0 bridgehead atoms. The van der Waals surface area contributed by atoms with Gasteiger partial charge in [-0.05, 0) is 53.9 Å². The Hall–Kier alpha value is -2.79. The Labute approximate surface area is 215 Å². The second kappa shape index (κ2) is 10.3. The first-order valence-corrected chi connectivity index (χ1v) is 12.8. The molecule has 0 aromatic heterocycles. The molecule has 1 amide bonds. The van der Waals surface area contributed by atoms with Crippen LogP contribution in [0.1, 0.15) is 16.7 Å². The molecule has 1 N–H and O–H groups in total. The number of nitrogens with zero attached hydrogens (tertiary/aromatic N) is 1. The Morgan fingerprint density at radius 3 is 2.44 bits per heavy atom. The highest BCUT2D eigenvalue weighted by Gasteiger charge is 2.34. The fourth-order valence-electron chi connectivity index (χ4n) is 3.77. The lowest BCUT2D eigenvalue weighted by Gasteiger charge is -2.28. The van der Waals surface area contributed by atoms with Gasteiger partial charge in [-0.1, -0.05) is 47.5 Å². The number of nitrogens with one attached hydrogen (secondary N) is 1. The molecule has 0 spiro atoms. The molecule has 1 aliphatic rings. The molecular weight excluding hydrogens is 540 g/mol. The van der Waals surface area contributed by atoms with E-state index in [1.807, 2.05) is 24.3 Å². The molecule has 190 valence electrons. The summed E-state index contributed by atoms with van der Waals surface area (Å²) in [7, 11) is -3.84. The highest BCUT2D eigenvalue weighted by molar-refractivity contribution is 7.89. The number of halogens is 5. The van der Waals surface area contributed by atoms with Gasteiger partial charge in [0.15, 0.2) is 6.61 Å². The maximum absolute atomic E-state index is 13.2. The average Bonchev–Trinajstić information content (AvgIpc) is 2.83. The Morgan fingerprint density at radius 2 is 1.75 bits per heavy atom. The van der Waals surface area contributed by atoms with Crippen LogP contribution in [0.2, 0.25) is 10.0 Å². The predicted octanol–water partition coefficient (Wildman–Crippen LogP) is 5.78. The Morgan fingerprint density at radius 1 is 1.03 bits per heavy atom. The van der Waals surface area contributed by atoms with Crippen LogP contribution in [0.3, 0.4) is 0 Å². The third-order valence-corrected chi connectivity index (χ3v) is 7.93. The minimum atomic E-state index is -4.73. The van der Waals surface area contributed by atoms with Gasteiger partial charge in [-0.25, -0.2) is 8.42 Å². The molecule has 0 fully saturated rings. The number of sulfonamides is 1. The number of anilines is 1. The zero-order valence-corrected chi connectivity index (χ0v) is 20.8. The van der Waals surface area contributed by atoms with E-state index in [1.54, 1.807) is 0 Å². The number of benzene rings is 3. The lowest BCUT2D eigenvalue weighted by Crippen LogP contribution is -2.35. The van der Waals surface area contributed by atoms with E-state index in [2.05, 4.69) is 5.32 Å². The van der Waals surface area contributed by atoms with E-state index in [1.165, 1.54) is 28.6 Å². The van der Waals surface area contributed by atoms with Crippen molar-refractivity contribution in [2.24, 2.45) is 0 Å². The third-order valence-electron chi connectivity index (χ3n) is 5.56. The van der Waals surface area contributed by atoms with E-state index in [-0.39, 0.29) is 27.2 Å². The molecule has 0 unspecified atom stereocenters. The number of amides is 1. The maximum atomic E-state index is 13.2. The number of ether oxygens (including phenoxy) is 1. The molecule has 0 atom stereocenters. The van der Waals surface area contributed by atoms with Gasteiger partial charge in [0.05, 0.1) is 21.2 Å². The number of carbonyl (C=O) groups excluding carboxylic acids is 1. The summed E-state index contributed by atoms with van der Waals surface area (Å²) in [6.45, 7) is -0.103. The van der Waals surface area contributed by atoms with E-state index in [0.29, 0.717) is 19.0 Å². The molecule has 6 nitrogen and oxygen atoms in total. The molecule has 0 radical (unpaired) electrons. The Balaban J connectivity index is 1.43. The molecule has 3 aromatic rings. The summed E-state index contributed by atoms with van der Waals surface area (Å²) in [5.41, 5.74) is 0.455. The first kappa shape index (κ1) is 26.3. The van der Waals surface area contributed by atoms with Crippen molar-refractivity contribution < 1.29 is 31.1 Å². The van der Waals surface area contributed by atoms with E-state index in [0.717, 1.165) is 17.2 Å². The molecule has 4 rings (SSSR count). The highest BCUT2D eigenvalue weighted by atomic mass is 35.5. The minimum absolute atomic E-state index is 0.00177. The van der Waals surface area contributed by atoms with Crippen LogP contribution >= 0.6 is 23.2 Å². The van der Waals surface area contributed by atoms with Crippen molar-refractivity contribution in [1.29, 1.82) is 0 Å². The molecule has 3 aromatic carbocycles. The molecule has 1 aliphatic heterocycles. The minimum Gasteiger partial charge on any atom is -0.482 e. The smallest absolute Gasteiger partial charge is 0.418 e. The first-order chi connectivity index (χ1) is 16.9. The van der Waals surface area contributed by atoms with E-state index in [4.69, 9.17) is 27.9 Å². The van der Waals surface area contributed by atoms with Crippen molar-refractivity contribution in [3.05, 3.63) is 87.4 Å². The zero-order valence-electron chi connectivity index (χ0n) is 18.5. The van der Waals surface area contributed by atoms with Crippen molar-refractivity contribution in [3.8, 4) is 5.75 Å². The second-order valence-corrected chi connectivity index (χ2v) is 10.8. The monoisotopic (exact) mass is 558 g/mol. The lowest BCUT2D eigenvalue weighted by molar-refractivity contribution is -0.137. The lowest BCUT2D eigenvalue weighted by atomic mass is 10.0. The summed E-state index contributed by atoms with van der Waals surface area (Å²) in [6.07, 6.45) is -4.14. The van der Waals surface area contributed by atoms with Crippen molar-refractivity contribution in [2.75, 3.05) is 18.5 Å². The predicted molar refractivity (Wildman–Crippen MR) is 130 cm³/mol. The van der Waals surface area contributed by atoms with Crippen LogP contribution in [0.25, 0.3) is 0 Å². The summed E-state index contributed by atoms with van der Waals surface area (Å²) in [6, 6.07) is 14.4. The van der Waals surface area contributed by atoms with Crippen LogP contribution in [0.4, 0.5) is 18.9 Å². The molecule has 0 saturated heterocycles. The number of hydrogen-bond donors (Lipinski definition) is 1. The molecule has 36 heavy (non-hydrogen) atoms. The number of hydrogen-bond acceptors (Lipinski definition) is 4. The quantitative estimate of drug-likeness (QED) is 0.416. The summed E-state index contributed by atoms with van der Waals surface area (Å²) in [4.78, 5) is 12.2. The second-order valence-electron chi connectivity index (χ2n) is 7.97. The fourth-order valence-corrected chi connectivity index (χ4v) is 5.69. The highest BCUT2D eigenvalue weighted by Crippen LogP contribution is 2.36. The number of alkyl halides is 3. The van der Waals surface area contributed by atoms with Crippen LogP contribution in [-0.2, 0) is 34.0 Å². The van der Waals surface area contributed by atoms with E-state index < -0.39 is 40.0 Å². The van der Waals surface area contributed by atoms with Crippen LogP contribution in [-0.4, -0.2) is 31.8 Å². The number of carbonyl (C=O) groups is 1. The van der Waals surface area contributed by atoms with Crippen molar-refractivity contribution in [3.63, 3.8) is 0 Å². The van der Waals surface area contributed by atoms with Gasteiger partial charge in [0, 0.05) is 18.1 Å². The molecule has 12 heteroatoms. The summed E-state index contributed by atoms with van der Waals surface area (Å²) in [5, 5.41) is 1.93. The first-order valence-electron chi connectivity index (χ1n) is 10.6. The van der Waals surface area contributed by atoms with Crippen LogP contribution in [0, 0.1) is 0 Å². The molecule has 1 heterocycles. The largest absolute Gasteiger partial charge is 0.482 e. The van der Waals surface area contributed by atoms with Gasteiger partial charge in [0.2, 0.25) is 10.0 Å². The van der Waals surface area contributed by atoms with Crippen LogP contribution in [0.5, 0.6) is 5.75 Å². The molecule has 0 saturated carbocycles. The number of fused-ring (bicyclic) bond motifs is 1. The van der Waals surface area contributed by atoms with Crippen LogP contribution in [0.15, 0.2) is 65.6 Å². The van der Waals surface area contributed by atoms with E-state index >= 15 is 0 Å². The topological polar surface area (TPSA) is 75.7 Å². The summed E-state index contributed by atoms with van der Waals surface area (Å²) >= 11 is 11.8. The van der Waals surface area contributed by atoms with E-state index in [9.17, 15) is 26.4 Å². The van der Waals surface area contributed by atoms with Gasteiger partial charge in [-0.2, -0.15) is 17.5 Å². The SMILES string of the molecule is O=C(COc1ccc(S(=O)(=O)N2CCc3ccccc3C2)cc1Cl)Nc1ccc(Cl)cc1C(F)(F)F. The Bertz CT molecular complexity index is 1410. The van der Waals surface area contributed by atoms with Gasteiger partial charge >= 0.3 is 6.18 Å². The van der Waals surface area contributed by atoms with Gasteiger partial charge in [-0.15, -0.1) is 0 Å². The third kappa shape index (κ3) is 5.78. The van der Waals surface area contributed by atoms with Crippen LogP contribution < -0.4 is 10.1 Å². The standard InChI is InChI=1S/C24H19Cl2F3N2O4S/c25-17-5-7-21(19(11-17)24(27,28)29)30-23(32)14-35-22-8-6-18(12-20(22)26)36(33,34)31-10-9-15-3-1-2-4-16(15)13-31/h1-8,11-12H,9-10,13-14H2,(H,30,32). The average molecular weight is 559 g/mol. The van der Waals surface area contributed by atoms with Gasteiger partial charge in [0.25, 0.3) is 5.91 Å². The zero-order chi connectivity index (χ0) is 26.1. The summed E-state index contributed by atoms with van der Waals surface area (Å²) < 4.78 is 72.6. The Kier molecular flexibility index (Phi) is 7.51. The van der Waals surface area contributed by atoms with Gasteiger partial charge < -0.3 is 10.1 Å². The molecule has 0 aliphatic carbocycles. The fraction of sp³-hybridized carbons (Fsp3) is 0.208. The molecular formula is C24H19Cl2F3N2O4S. The van der Waals surface area contributed by atoms with Crippen molar-refractivity contribution in [1.82, 2.24) is 4.31 Å². The van der Waals surface area contributed by atoms with Gasteiger partial charge in [-0.3, -0.25) is 4.79 Å².